The molecule has 0 N–H and O–H groups in total. The van der Waals surface area contributed by atoms with E-state index in [4.69, 9.17) is 15.2 Å². The van der Waals surface area contributed by atoms with Crippen molar-refractivity contribution < 1.29 is 10.2 Å². The topological polar surface area (TPSA) is 29.8 Å². The summed E-state index contributed by atoms with van der Waals surface area (Å²) >= 11 is 1.63. The van der Waals surface area contributed by atoms with Gasteiger partial charge in [-0.3, -0.25) is 0 Å². The second-order valence-corrected chi connectivity index (χ2v) is 7.35. The van der Waals surface area contributed by atoms with Gasteiger partial charge in [-0.25, -0.2) is 0 Å². The third kappa shape index (κ3) is 2.91. The van der Waals surface area contributed by atoms with Crippen LogP contribution in [0.1, 0.15) is 37.1 Å². The predicted molar refractivity (Wildman–Crippen MR) is 100 cm³/mol. The molecule has 3 aromatic rings. The van der Waals surface area contributed by atoms with E-state index in [1.54, 1.807) is 11.3 Å². The van der Waals surface area contributed by atoms with Gasteiger partial charge < -0.3 is 14.0 Å². The van der Waals surface area contributed by atoms with Crippen molar-refractivity contribution in [1.29, 1.82) is 0 Å². The number of piperidine rings is 1. The Morgan fingerprint density at radius 3 is 3.17 bits per heavy atom. The van der Waals surface area contributed by atoms with Crippen molar-refractivity contribution in [2.24, 2.45) is 5.92 Å². The maximum absolute atomic E-state index is 7.81. The SMILES string of the molecule is [3H]C([3H])C([3H])([3H])CN1CCC(COc2nc3scc(C)c3n3cccc23)CC1. The number of hydrogen-bond donors (Lipinski definition) is 0. The molecule has 24 heavy (non-hydrogen) atoms. The maximum Gasteiger partial charge on any atom is 0.239 e. The monoisotopic (exact) mass is 351 g/mol. The Kier molecular flexibility index (Phi) is 3.33. The first-order valence-corrected chi connectivity index (χ1v) is 9.27. The van der Waals surface area contributed by atoms with E-state index in [0.29, 0.717) is 18.4 Å². The molecule has 3 aromatic heterocycles. The molecule has 0 spiro atoms. The number of fused-ring (bicyclic) bond motifs is 3. The highest BCUT2D eigenvalue weighted by atomic mass is 32.1. The number of nitrogens with zero attached hydrogens (tertiary/aromatic N) is 3. The van der Waals surface area contributed by atoms with Crippen molar-refractivity contribution in [3.8, 4) is 5.88 Å². The second-order valence-electron chi connectivity index (χ2n) is 6.49. The molecule has 0 unspecified atom stereocenters. The first-order valence-electron chi connectivity index (χ1n) is 10.5. The number of likely N-dealkylation sites (tertiary alicyclic amines) is 1. The molecule has 0 atom stereocenters. The second kappa shape index (κ2) is 6.73. The fraction of sp³-hybridized carbons (Fsp3) is 0.526. The van der Waals surface area contributed by atoms with E-state index >= 15 is 0 Å². The van der Waals surface area contributed by atoms with Crippen molar-refractivity contribution in [2.75, 3.05) is 26.2 Å². The molecule has 1 aliphatic rings. The van der Waals surface area contributed by atoms with Crippen molar-refractivity contribution in [1.82, 2.24) is 14.3 Å². The average molecular weight is 352 g/mol. The van der Waals surface area contributed by atoms with Crippen LogP contribution in [0, 0.1) is 12.8 Å². The molecule has 4 nitrogen and oxygen atoms in total. The van der Waals surface area contributed by atoms with E-state index in [-0.39, 0.29) is 6.54 Å². The summed E-state index contributed by atoms with van der Waals surface area (Å²) in [7, 11) is 0. The smallest absolute Gasteiger partial charge is 0.239 e. The van der Waals surface area contributed by atoms with Gasteiger partial charge in [0, 0.05) is 11.7 Å². The lowest BCUT2D eigenvalue weighted by Gasteiger charge is -2.31. The fourth-order valence-electron chi connectivity index (χ4n) is 3.44. The summed E-state index contributed by atoms with van der Waals surface area (Å²) in [6.45, 7) is 2.94. The number of thiophene rings is 1. The molecule has 0 aromatic carbocycles. The number of ether oxygens (including phenoxy) is 1. The largest absolute Gasteiger partial charge is 0.476 e. The van der Waals surface area contributed by atoms with Gasteiger partial charge >= 0.3 is 0 Å². The molecule has 4 heterocycles. The zero-order chi connectivity index (χ0) is 19.9. The summed E-state index contributed by atoms with van der Waals surface area (Å²) in [5, 5.41) is 2.12. The molecule has 1 saturated heterocycles. The molecular formula is C19H25N3OS. The third-order valence-corrected chi connectivity index (χ3v) is 5.79. The minimum atomic E-state index is -1.79. The van der Waals surface area contributed by atoms with Gasteiger partial charge in [0.25, 0.3) is 0 Å². The highest BCUT2D eigenvalue weighted by Crippen LogP contribution is 2.30. The lowest BCUT2D eigenvalue weighted by Crippen LogP contribution is -2.35. The molecule has 1 aliphatic heterocycles. The number of hydrogen-bond acceptors (Lipinski definition) is 4. The minimum absolute atomic E-state index is 0.152. The number of aromatic nitrogens is 2. The van der Waals surface area contributed by atoms with Crippen molar-refractivity contribution in [3.05, 3.63) is 29.3 Å². The summed E-state index contributed by atoms with van der Waals surface area (Å²) in [6, 6.07) is 4.04. The zero-order valence-corrected chi connectivity index (χ0v) is 14.7. The summed E-state index contributed by atoms with van der Waals surface area (Å²) in [4.78, 5) is 7.74. The quantitative estimate of drug-likeness (QED) is 0.684. The molecule has 0 amide bonds. The van der Waals surface area contributed by atoms with Crippen molar-refractivity contribution in [3.63, 3.8) is 0 Å². The predicted octanol–water partition coefficient (Wildman–Crippen LogP) is 4.36. The molecular weight excluding hydrogens is 318 g/mol. The molecule has 128 valence electrons. The molecule has 1 fully saturated rings. The molecule has 5 heteroatoms. The summed E-state index contributed by atoms with van der Waals surface area (Å²) in [6.07, 6.45) is 2.11. The van der Waals surface area contributed by atoms with Gasteiger partial charge in [-0.1, -0.05) is 6.88 Å². The molecule has 4 rings (SSSR count). The standard InChI is InChI=1S/C19H25N3OS/c1-3-8-21-10-6-15(7-11-21)12-23-18-16-5-4-9-22(16)17-14(2)13-24-19(17)20-18/h4-5,9,13,15H,3,6-8,10-12H2,1-2H3/i1T2,3T2. The Labute approximate surface area is 152 Å². The van der Waals surface area contributed by atoms with Crippen LogP contribution in [0.25, 0.3) is 15.9 Å². The van der Waals surface area contributed by atoms with Crippen LogP contribution in [0.4, 0.5) is 0 Å². The van der Waals surface area contributed by atoms with E-state index in [2.05, 4.69) is 16.7 Å². The normalized spacial score (nSPS) is 20.2. The lowest BCUT2D eigenvalue weighted by molar-refractivity contribution is 0.140. The van der Waals surface area contributed by atoms with Crippen LogP contribution < -0.4 is 4.74 Å². The molecule has 0 saturated carbocycles. The average Bonchev–Trinajstić information content (AvgIpc) is 3.27. The summed E-state index contributed by atoms with van der Waals surface area (Å²) in [5.41, 5.74) is 3.34. The van der Waals surface area contributed by atoms with Gasteiger partial charge in [-0.05, 0) is 74.8 Å². The Bertz CT molecular complexity index is 963. The summed E-state index contributed by atoms with van der Waals surface area (Å²) < 4.78 is 38.6. The van der Waals surface area contributed by atoms with Crippen molar-refractivity contribution >= 4 is 27.2 Å². The van der Waals surface area contributed by atoms with Crippen LogP contribution in [0.5, 0.6) is 5.88 Å². The van der Waals surface area contributed by atoms with E-state index in [1.165, 1.54) is 5.56 Å². The fourth-order valence-corrected chi connectivity index (χ4v) is 4.35. The first-order chi connectivity index (χ1) is 13.3. The zero-order valence-electron chi connectivity index (χ0n) is 17.9. The molecule has 0 radical (unpaired) electrons. The van der Waals surface area contributed by atoms with Crippen LogP contribution in [-0.4, -0.2) is 40.5 Å². The Hall–Kier alpha value is -1.59. The maximum atomic E-state index is 7.81. The van der Waals surface area contributed by atoms with Crippen molar-refractivity contribution in [2.45, 2.75) is 33.0 Å². The van der Waals surface area contributed by atoms with Crippen LogP contribution in [0.15, 0.2) is 23.7 Å². The summed E-state index contributed by atoms with van der Waals surface area (Å²) in [5.74, 6) is 1.08. The van der Waals surface area contributed by atoms with Gasteiger partial charge in [0.15, 0.2) is 0 Å². The number of rotatable bonds is 5. The van der Waals surface area contributed by atoms with E-state index in [9.17, 15) is 0 Å². The lowest BCUT2D eigenvalue weighted by atomic mass is 9.98. The van der Waals surface area contributed by atoms with Crippen LogP contribution in [0.3, 0.4) is 0 Å². The highest BCUT2D eigenvalue weighted by molar-refractivity contribution is 7.16. The van der Waals surface area contributed by atoms with Gasteiger partial charge in [-0.2, -0.15) is 4.98 Å². The minimum Gasteiger partial charge on any atom is -0.476 e. The van der Waals surface area contributed by atoms with Crippen LogP contribution in [-0.2, 0) is 0 Å². The molecule has 0 bridgehead atoms. The van der Waals surface area contributed by atoms with Gasteiger partial charge in [0.1, 0.15) is 10.3 Å². The van der Waals surface area contributed by atoms with Gasteiger partial charge in [0.2, 0.25) is 5.88 Å². The van der Waals surface area contributed by atoms with E-state index in [0.717, 1.165) is 41.8 Å². The Morgan fingerprint density at radius 1 is 1.46 bits per heavy atom. The first kappa shape index (κ1) is 11.9. The van der Waals surface area contributed by atoms with E-state index in [1.807, 2.05) is 23.2 Å². The third-order valence-electron chi connectivity index (χ3n) is 4.81. The van der Waals surface area contributed by atoms with Gasteiger partial charge in [0.05, 0.1) is 12.1 Å². The molecule has 0 aliphatic carbocycles. The van der Waals surface area contributed by atoms with Gasteiger partial charge in [-0.15, -0.1) is 11.3 Å². The number of aryl methyl sites for hydroxylation is 1. The Balaban J connectivity index is 1.39. The highest BCUT2D eigenvalue weighted by Gasteiger charge is 2.20. The van der Waals surface area contributed by atoms with Crippen LogP contribution >= 0.6 is 11.3 Å². The van der Waals surface area contributed by atoms with E-state index < -0.39 is 13.2 Å². The van der Waals surface area contributed by atoms with Crippen LogP contribution in [0.2, 0.25) is 0 Å². The Morgan fingerprint density at radius 2 is 2.33 bits per heavy atom.